The minimum atomic E-state index is 0.0427. The van der Waals surface area contributed by atoms with Gasteiger partial charge >= 0.3 is 0 Å². The number of carbonyl (C=O) groups excluding carboxylic acids is 1. The van der Waals surface area contributed by atoms with E-state index in [2.05, 4.69) is 34.7 Å². The van der Waals surface area contributed by atoms with Crippen molar-refractivity contribution in [3.05, 3.63) is 83.6 Å². The molecule has 23 heavy (non-hydrogen) atoms. The lowest BCUT2D eigenvalue weighted by Gasteiger charge is -2.23. The van der Waals surface area contributed by atoms with E-state index >= 15 is 0 Å². The van der Waals surface area contributed by atoms with E-state index in [0.717, 1.165) is 22.5 Å². The summed E-state index contributed by atoms with van der Waals surface area (Å²) in [5.74, 6) is 0.935. The molecule has 4 nitrogen and oxygen atoms in total. The fourth-order valence-electron chi connectivity index (χ4n) is 3.13. The Morgan fingerprint density at radius 1 is 1.04 bits per heavy atom. The van der Waals surface area contributed by atoms with Crippen molar-refractivity contribution in [3.63, 3.8) is 0 Å². The number of rotatable bonds is 3. The maximum Gasteiger partial charge on any atom is 0.226 e. The number of anilines is 1. The second-order valence-corrected chi connectivity index (χ2v) is 5.81. The zero-order valence-electron chi connectivity index (χ0n) is 12.6. The molecule has 1 unspecified atom stereocenters. The SMILES string of the molecule is O=C1CC(c2ccccc2)c2cnn(Cc3ccccc3)c2N1. The van der Waals surface area contributed by atoms with Gasteiger partial charge in [0.1, 0.15) is 5.82 Å². The Labute approximate surface area is 134 Å². The van der Waals surface area contributed by atoms with Crippen LogP contribution in [0.1, 0.15) is 29.0 Å². The smallest absolute Gasteiger partial charge is 0.226 e. The average Bonchev–Trinajstić information content (AvgIpc) is 2.99. The Morgan fingerprint density at radius 2 is 1.74 bits per heavy atom. The van der Waals surface area contributed by atoms with Gasteiger partial charge in [0, 0.05) is 17.9 Å². The molecule has 0 bridgehead atoms. The molecule has 1 aromatic heterocycles. The molecule has 0 spiro atoms. The van der Waals surface area contributed by atoms with E-state index in [-0.39, 0.29) is 11.8 Å². The molecule has 1 amide bonds. The Kier molecular flexibility index (Phi) is 3.42. The van der Waals surface area contributed by atoms with E-state index in [1.54, 1.807) is 0 Å². The number of aromatic nitrogens is 2. The third-order valence-corrected chi connectivity index (χ3v) is 4.27. The lowest BCUT2D eigenvalue weighted by atomic mass is 9.87. The third-order valence-electron chi connectivity index (χ3n) is 4.27. The van der Waals surface area contributed by atoms with Gasteiger partial charge in [-0.2, -0.15) is 5.10 Å². The summed E-state index contributed by atoms with van der Waals surface area (Å²) < 4.78 is 1.87. The number of amides is 1. The lowest BCUT2D eigenvalue weighted by Crippen LogP contribution is -2.25. The van der Waals surface area contributed by atoms with Gasteiger partial charge in [0.25, 0.3) is 0 Å². The number of hydrogen-bond acceptors (Lipinski definition) is 2. The van der Waals surface area contributed by atoms with Gasteiger partial charge in [-0.15, -0.1) is 0 Å². The highest BCUT2D eigenvalue weighted by Gasteiger charge is 2.29. The van der Waals surface area contributed by atoms with Crippen LogP contribution >= 0.6 is 0 Å². The summed E-state index contributed by atoms with van der Waals surface area (Å²) in [6.45, 7) is 0.651. The molecule has 3 aromatic rings. The normalized spacial score (nSPS) is 16.7. The van der Waals surface area contributed by atoms with Gasteiger partial charge in [0.2, 0.25) is 5.91 Å². The molecule has 1 aliphatic heterocycles. The molecule has 4 heteroatoms. The van der Waals surface area contributed by atoms with Crippen LogP contribution in [0.25, 0.3) is 0 Å². The Hall–Kier alpha value is -2.88. The fourth-order valence-corrected chi connectivity index (χ4v) is 3.13. The van der Waals surface area contributed by atoms with Gasteiger partial charge in [-0.05, 0) is 11.1 Å². The summed E-state index contributed by atoms with van der Waals surface area (Å²) in [5, 5.41) is 7.50. The van der Waals surface area contributed by atoms with Gasteiger partial charge in [-0.1, -0.05) is 60.7 Å². The van der Waals surface area contributed by atoms with E-state index < -0.39 is 0 Å². The molecule has 0 aliphatic carbocycles. The minimum Gasteiger partial charge on any atom is -0.311 e. The number of carbonyl (C=O) groups is 1. The van der Waals surface area contributed by atoms with E-state index in [0.29, 0.717) is 13.0 Å². The summed E-state index contributed by atoms with van der Waals surface area (Å²) in [6.07, 6.45) is 2.35. The van der Waals surface area contributed by atoms with Crippen LogP contribution in [0.15, 0.2) is 66.9 Å². The van der Waals surface area contributed by atoms with Crippen molar-refractivity contribution in [1.29, 1.82) is 0 Å². The fraction of sp³-hybridized carbons (Fsp3) is 0.158. The Balaban J connectivity index is 1.71. The van der Waals surface area contributed by atoms with Gasteiger partial charge in [-0.3, -0.25) is 4.79 Å². The predicted molar refractivity (Wildman–Crippen MR) is 89.3 cm³/mol. The van der Waals surface area contributed by atoms with Gasteiger partial charge in [-0.25, -0.2) is 4.68 Å². The zero-order valence-corrected chi connectivity index (χ0v) is 12.6. The number of benzene rings is 2. The minimum absolute atomic E-state index is 0.0427. The summed E-state index contributed by atoms with van der Waals surface area (Å²) in [7, 11) is 0. The molecule has 2 heterocycles. The van der Waals surface area contributed by atoms with E-state index in [4.69, 9.17) is 0 Å². The summed E-state index contributed by atoms with van der Waals surface area (Å²) in [5.41, 5.74) is 3.41. The van der Waals surface area contributed by atoms with Crippen LogP contribution in [-0.2, 0) is 11.3 Å². The molecule has 0 fully saturated rings. The first-order chi connectivity index (χ1) is 11.3. The second-order valence-electron chi connectivity index (χ2n) is 5.81. The second kappa shape index (κ2) is 5.72. The topological polar surface area (TPSA) is 46.9 Å². The van der Waals surface area contributed by atoms with Crippen molar-refractivity contribution < 1.29 is 4.79 Å². The molecular weight excluding hydrogens is 286 g/mol. The molecule has 1 N–H and O–H groups in total. The summed E-state index contributed by atoms with van der Waals surface area (Å²) >= 11 is 0. The standard InChI is InChI=1S/C19H17N3O/c23-18-11-16(15-9-5-2-6-10-15)17-12-20-22(19(17)21-18)13-14-7-3-1-4-8-14/h1-10,12,16H,11,13H2,(H,21,23). The largest absolute Gasteiger partial charge is 0.311 e. The first-order valence-electron chi connectivity index (χ1n) is 7.75. The van der Waals surface area contributed by atoms with Crippen LogP contribution in [0, 0.1) is 0 Å². The van der Waals surface area contributed by atoms with Crippen molar-refractivity contribution in [2.24, 2.45) is 0 Å². The molecule has 1 atom stereocenters. The van der Waals surface area contributed by atoms with Gasteiger partial charge < -0.3 is 5.32 Å². The summed E-state index contributed by atoms with van der Waals surface area (Å²) in [4.78, 5) is 12.2. The highest BCUT2D eigenvalue weighted by molar-refractivity contribution is 5.94. The highest BCUT2D eigenvalue weighted by Crippen LogP contribution is 2.36. The van der Waals surface area contributed by atoms with Crippen LogP contribution in [-0.4, -0.2) is 15.7 Å². The molecule has 114 valence electrons. The molecule has 0 radical (unpaired) electrons. The highest BCUT2D eigenvalue weighted by atomic mass is 16.1. The van der Waals surface area contributed by atoms with Crippen molar-refractivity contribution in [2.45, 2.75) is 18.9 Å². The first-order valence-corrected chi connectivity index (χ1v) is 7.75. The van der Waals surface area contributed by atoms with Crippen molar-refractivity contribution in [2.75, 3.05) is 5.32 Å². The zero-order chi connectivity index (χ0) is 15.6. The molecule has 1 aliphatic rings. The van der Waals surface area contributed by atoms with E-state index in [1.807, 2.05) is 47.3 Å². The molecule has 0 saturated heterocycles. The first kappa shape index (κ1) is 13.8. The molecular formula is C19H17N3O. The quantitative estimate of drug-likeness (QED) is 0.806. The Bertz CT molecular complexity index is 824. The van der Waals surface area contributed by atoms with E-state index in [1.165, 1.54) is 0 Å². The lowest BCUT2D eigenvalue weighted by molar-refractivity contribution is -0.116. The molecule has 4 rings (SSSR count). The van der Waals surface area contributed by atoms with Gasteiger partial charge in [0.15, 0.2) is 0 Å². The molecule has 0 saturated carbocycles. The van der Waals surface area contributed by atoms with Gasteiger partial charge in [0.05, 0.1) is 12.7 Å². The average molecular weight is 303 g/mol. The maximum atomic E-state index is 12.2. The van der Waals surface area contributed by atoms with Crippen molar-refractivity contribution in [1.82, 2.24) is 9.78 Å². The van der Waals surface area contributed by atoms with E-state index in [9.17, 15) is 4.79 Å². The maximum absolute atomic E-state index is 12.2. The van der Waals surface area contributed by atoms with Crippen molar-refractivity contribution >= 4 is 11.7 Å². The number of nitrogens with zero attached hydrogens (tertiary/aromatic N) is 2. The number of hydrogen-bond donors (Lipinski definition) is 1. The third kappa shape index (κ3) is 2.63. The van der Waals surface area contributed by atoms with Crippen LogP contribution in [0.5, 0.6) is 0 Å². The molecule has 2 aromatic carbocycles. The van der Waals surface area contributed by atoms with Crippen LogP contribution in [0.3, 0.4) is 0 Å². The Morgan fingerprint density at radius 3 is 2.48 bits per heavy atom. The van der Waals surface area contributed by atoms with Crippen LogP contribution in [0.2, 0.25) is 0 Å². The van der Waals surface area contributed by atoms with Crippen LogP contribution < -0.4 is 5.32 Å². The predicted octanol–water partition coefficient (Wildman–Crippen LogP) is 3.41. The van der Waals surface area contributed by atoms with Crippen LogP contribution in [0.4, 0.5) is 5.82 Å². The number of fused-ring (bicyclic) bond motifs is 1. The monoisotopic (exact) mass is 303 g/mol. The van der Waals surface area contributed by atoms with Crippen molar-refractivity contribution in [3.8, 4) is 0 Å². The summed E-state index contributed by atoms with van der Waals surface area (Å²) in [6, 6.07) is 20.3. The number of nitrogens with one attached hydrogen (secondary N) is 1.